The fourth-order valence-electron chi connectivity index (χ4n) is 3.36. The molecule has 0 radical (unpaired) electrons. The van der Waals surface area contributed by atoms with Crippen molar-refractivity contribution in [3.8, 4) is 17.6 Å². The number of hydrogen-bond acceptors (Lipinski definition) is 6. The smallest absolute Gasteiger partial charge is 0.239 e. The Hall–Kier alpha value is -3.05. The molecule has 148 valence electrons. The molecule has 2 aromatic rings. The third-order valence-corrected chi connectivity index (χ3v) is 4.72. The number of nitriles is 1. The summed E-state index contributed by atoms with van der Waals surface area (Å²) >= 11 is 0. The number of piperidine rings is 1. The van der Waals surface area contributed by atoms with Gasteiger partial charge in [0.1, 0.15) is 0 Å². The first-order valence-corrected chi connectivity index (χ1v) is 9.30. The van der Waals surface area contributed by atoms with E-state index < -0.39 is 0 Å². The van der Waals surface area contributed by atoms with Gasteiger partial charge in [0.25, 0.3) is 0 Å². The Bertz CT molecular complexity index is 858. The highest BCUT2D eigenvalue weighted by Gasteiger charge is 2.23. The molecular weight excluding hydrogens is 358 g/mol. The lowest BCUT2D eigenvalue weighted by molar-refractivity contribution is -0.117. The van der Waals surface area contributed by atoms with Gasteiger partial charge in [-0.2, -0.15) is 10.4 Å². The zero-order chi connectivity index (χ0) is 19.9. The molecule has 0 spiro atoms. The van der Waals surface area contributed by atoms with E-state index in [0.29, 0.717) is 41.9 Å². The van der Waals surface area contributed by atoms with Gasteiger partial charge in [0, 0.05) is 37.8 Å². The third-order valence-electron chi connectivity index (χ3n) is 4.72. The number of nitrogens with one attached hydrogen (secondary N) is 1. The van der Waals surface area contributed by atoms with Crippen molar-refractivity contribution in [2.45, 2.75) is 12.8 Å². The number of nitrogens with zero attached hydrogens (tertiary/aromatic N) is 4. The maximum absolute atomic E-state index is 12.2. The lowest BCUT2D eigenvalue weighted by atomic mass is 9.99. The summed E-state index contributed by atoms with van der Waals surface area (Å²) in [6.07, 6.45) is 3.87. The fourth-order valence-corrected chi connectivity index (χ4v) is 3.36. The highest BCUT2D eigenvalue weighted by Crippen LogP contribution is 2.29. The number of amides is 1. The van der Waals surface area contributed by atoms with E-state index in [-0.39, 0.29) is 5.91 Å². The molecule has 1 unspecified atom stereocenters. The van der Waals surface area contributed by atoms with Crippen LogP contribution in [0.3, 0.4) is 0 Å². The van der Waals surface area contributed by atoms with Crippen LogP contribution in [0, 0.1) is 17.2 Å². The average molecular weight is 383 g/mol. The molecule has 1 atom stereocenters. The third kappa shape index (κ3) is 5.24. The van der Waals surface area contributed by atoms with Gasteiger partial charge in [-0.25, -0.2) is 0 Å². The van der Waals surface area contributed by atoms with Gasteiger partial charge in [0.2, 0.25) is 5.91 Å². The number of methoxy groups -OCH3 is 1. The summed E-state index contributed by atoms with van der Waals surface area (Å²) in [7, 11) is 3.37. The zero-order valence-corrected chi connectivity index (χ0v) is 16.2. The number of aromatic nitrogens is 2. The van der Waals surface area contributed by atoms with Crippen molar-refractivity contribution in [3.05, 3.63) is 36.0 Å². The van der Waals surface area contributed by atoms with Crippen LogP contribution in [0.4, 0.5) is 5.82 Å². The topological polar surface area (TPSA) is 92.4 Å². The minimum absolute atomic E-state index is 0.0611. The lowest BCUT2D eigenvalue weighted by Gasteiger charge is -2.32. The molecule has 1 saturated heterocycles. The van der Waals surface area contributed by atoms with Gasteiger partial charge in [0.05, 0.1) is 31.9 Å². The maximum Gasteiger partial charge on any atom is 0.239 e. The van der Waals surface area contributed by atoms with Crippen molar-refractivity contribution in [2.24, 2.45) is 13.0 Å². The second-order valence-corrected chi connectivity index (χ2v) is 6.95. The van der Waals surface area contributed by atoms with Gasteiger partial charge in [-0.05, 0) is 31.5 Å². The van der Waals surface area contributed by atoms with Crippen LogP contribution in [-0.2, 0) is 11.8 Å². The quantitative estimate of drug-likeness (QED) is 0.786. The summed E-state index contributed by atoms with van der Waals surface area (Å²) in [5.74, 6) is 2.02. The molecule has 1 amide bonds. The molecule has 1 N–H and O–H groups in total. The van der Waals surface area contributed by atoms with Gasteiger partial charge in [0.15, 0.2) is 17.3 Å². The number of rotatable bonds is 7. The van der Waals surface area contributed by atoms with E-state index in [9.17, 15) is 4.79 Å². The number of carbonyl (C=O) groups is 1. The van der Waals surface area contributed by atoms with E-state index in [1.54, 1.807) is 42.3 Å². The van der Waals surface area contributed by atoms with Crippen LogP contribution in [-0.4, -0.2) is 53.9 Å². The number of likely N-dealkylation sites (tertiary alicyclic amines) is 1. The van der Waals surface area contributed by atoms with Crippen molar-refractivity contribution >= 4 is 11.7 Å². The first-order valence-electron chi connectivity index (χ1n) is 9.30. The molecule has 0 bridgehead atoms. The van der Waals surface area contributed by atoms with Crippen LogP contribution < -0.4 is 14.8 Å². The molecule has 8 nitrogen and oxygen atoms in total. The number of anilines is 1. The standard InChI is InChI=1S/C20H25N5O3/c1-24-9-7-19(23-24)22-20(26)13-25-8-3-4-16(12-25)14-28-17-6-5-15(11-21)10-18(17)27-2/h5-7,9-10,16H,3-4,8,12-14H2,1-2H3,(H,22,23,26). The Morgan fingerprint density at radius 3 is 2.96 bits per heavy atom. The van der Waals surface area contributed by atoms with E-state index in [0.717, 1.165) is 25.9 Å². The summed E-state index contributed by atoms with van der Waals surface area (Å²) in [5, 5.41) is 16.0. The van der Waals surface area contributed by atoms with Crippen LogP contribution >= 0.6 is 0 Å². The van der Waals surface area contributed by atoms with Gasteiger partial charge >= 0.3 is 0 Å². The number of hydrogen-bond donors (Lipinski definition) is 1. The Labute approximate surface area is 164 Å². The first-order chi connectivity index (χ1) is 13.6. The summed E-state index contributed by atoms with van der Waals surface area (Å²) in [6, 6.07) is 9.01. The van der Waals surface area contributed by atoms with E-state index >= 15 is 0 Å². The second-order valence-electron chi connectivity index (χ2n) is 6.95. The molecule has 0 aliphatic carbocycles. The molecule has 1 fully saturated rings. The van der Waals surface area contributed by atoms with Crippen molar-refractivity contribution < 1.29 is 14.3 Å². The van der Waals surface area contributed by atoms with Crippen molar-refractivity contribution in [3.63, 3.8) is 0 Å². The average Bonchev–Trinajstić information content (AvgIpc) is 3.10. The Balaban J connectivity index is 1.49. The van der Waals surface area contributed by atoms with Crippen molar-refractivity contribution in [1.82, 2.24) is 14.7 Å². The summed E-state index contributed by atoms with van der Waals surface area (Å²) in [6.45, 7) is 2.58. The maximum atomic E-state index is 12.2. The first kappa shape index (κ1) is 19.7. The number of benzene rings is 1. The molecule has 8 heteroatoms. The van der Waals surface area contributed by atoms with Crippen LogP contribution in [0.2, 0.25) is 0 Å². The van der Waals surface area contributed by atoms with E-state index in [4.69, 9.17) is 14.7 Å². The SMILES string of the molecule is COc1cc(C#N)ccc1OCC1CCCN(CC(=O)Nc2ccn(C)n2)C1. The summed E-state index contributed by atoms with van der Waals surface area (Å²) in [4.78, 5) is 14.4. The summed E-state index contributed by atoms with van der Waals surface area (Å²) < 4.78 is 12.9. The van der Waals surface area contributed by atoms with Crippen molar-refractivity contribution in [2.75, 3.05) is 38.7 Å². The van der Waals surface area contributed by atoms with Gasteiger partial charge < -0.3 is 14.8 Å². The van der Waals surface area contributed by atoms with E-state index in [2.05, 4.69) is 21.4 Å². The Morgan fingerprint density at radius 2 is 2.25 bits per heavy atom. The van der Waals surface area contributed by atoms with Gasteiger partial charge in [-0.3, -0.25) is 14.4 Å². The highest BCUT2D eigenvalue weighted by molar-refractivity contribution is 5.91. The normalized spacial score (nSPS) is 17.0. The predicted molar refractivity (Wildman–Crippen MR) is 104 cm³/mol. The number of aryl methyl sites for hydroxylation is 1. The minimum atomic E-state index is -0.0611. The number of ether oxygens (including phenoxy) is 2. The molecular formula is C20H25N5O3. The summed E-state index contributed by atoms with van der Waals surface area (Å²) in [5.41, 5.74) is 0.534. The van der Waals surface area contributed by atoms with Gasteiger partial charge in [-0.1, -0.05) is 0 Å². The van der Waals surface area contributed by atoms with E-state index in [1.807, 2.05) is 7.05 Å². The van der Waals surface area contributed by atoms with Crippen LogP contribution in [0.25, 0.3) is 0 Å². The zero-order valence-electron chi connectivity index (χ0n) is 16.2. The Kier molecular flexibility index (Phi) is 6.50. The monoisotopic (exact) mass is 383 g/mol. The highest BCUT2D eigenvalue weighted by atomic mass is 16.5. The van der Waals surface area contributed by atoms with Crippen LogP contribution in [0.1, 0.15) is 18.4 Å². The molecule has 1 aromatic carbocycles. The van der Waals surface area contributed by atoms with Crippen molar-refractivity contribution in [1.29, 1.82) is 5.26 Å². The molecule has 1 aliphatic heterocycles. The minimum Gasteiger partial charge on any atom is -0.493 e. The largest absolute Gasteiger partial charge is 0.493 e. The molecule has 2 heterocycles. The molecule has 1 aromatic heterocycles. The van der Waals surface area contributed by atoms with E-state index in [1.165, 1.54) is 0 Å². The number of carbonyl (C=O) groups excluding carboxylic acids is 1. The fraction of sp³-hybridized carbons (Fsp3) is 0.450. The van der Waals surface area contributed by atoms with Crippen LogP contribution in [0.15, 0.2) is 30.5 Å². The second kappa shape index (κ2) is 9.24. The predicted octanol–water partition coefficient (Wildman–Crippen LogP) is 2.03. The molecule has 3 rings (SSSR count). The lowest BCUT2D eigenvalue weighted by Crippen LogP contribution is -2.42. The molecule has 28 heavy (non-hydrogen) atoms. The van der Waals surface area contributed by atoms with Crippen LogP contribution in [0.5, 0.6) is 11.5 Å². The molecule has 0 saturated carbocycles. The Morgan fingerprint density at radius 1 is 1.39 bits per heavy atom. The van der Waals surface area contributed by atoms with Gasteiger partial charge in [-0.15, -0.1) is 0 Å². The molecule has 1 aliphatic rings.